The molecule has 0 radical (unpaired) electrons. The van der Waals surface area contributed by atoms with Gasteiger partial charge in [0.1, 0.15) is 6.61 Å². The van der Waals surface area contributed by atoms with E-state index in [0.717, 1.165) is 83.5 Å². The minimum absolute atomic E-state index is 0.0563. The highest BCUT2D eigenvalue weighted by atomic mass is 16.6. The largest absolute Gasteiger partial charge is 0.477 e. The van der Waals surface area contributed by atoms with Crippen molar-refractivity contribution in [3.05, 3.63) is 60.8 Å². The number of allylic oxidation sites excluding steroid dienone is 10. The molecule has 340 valence electrons. The van der Waals surface area contributed by atoms with Crippen LogP contribution in [0.25, 0.3) is 0 Å². The maximum Gasteiger partial charge on any atom is 0.362 e. The van der Waals surface area contributed by atoms with Crippen LogP contribution in [-0.2, 0) is 28.6 Å². The van der Waals surface area contributed by atoms with Crippen molar-refractivity contribution in [3.8, 4) is 0 Å². The fourth-order valence-corrected chi connectivity index (χ4v) is 6.77. The normalized spacial score (nSPS) is 13.4. The number of esters is 2. The summed E-state index contributed by atoms with van der Waals surface area (Å²) in [6.45, 7) is 4.61. The van der Waals surface area contributed by atoms with E-state index >= 15 is 0 Å². The van der Waals surface area contributed by atoms with Crippen molar-refractivity contribution < 1.29 is 38.2 Å². The second-order valence-corrected chi connectivity index (χ2v) is 17.0. The SMILES string of the molecule is CC/C=C/C/C=C/C/C=C/C/C=C/C/C=C/CCCCCCCCC(=O)OCC(COCCC(C(=O)O)[N+](C)(C)C)OC(=O)CCCCCCCCCCCCCCC. The number of hydrogen-bond donors (Lipinski definition) is 1. The van der Waals surface area contributed by atoms with E-state index < -0.39 is 18.1 Å². The molecule has 0 saturated carbocycles. The summed E-state index contributed by atoms with van der Waals surface area (Å²) in [6, 6.07) is -0.617. The zero-order chi connectivity index (χ0) is 43.5. The van der Waals surface area contributed by atoms with Gasteiger partial charge in [-0.05, 0) is 57.8 Å². The molecule has 0 fully saturated rings. The standard InChI is InChI=1S/C51H89NO7/c1-6-8-10-12-14-16-18-20-21-22-23-24-25-26-27-28-30-31-33-35-37-39-41-49(53)58-46-47(45-57-44-43-48(51(55)56)52(3,4)5)59-50(54)42-40-38-36-34-32-29-19-17-15-13-11-9-7-2/h8,10,14,16,20-21,23-24,26-27,47-48H,6-7,9,11-13,15,17-19,22,25,28-46H2,1-5H3/p+1/b10-8+,16-14+,21-20+,24-23+,27-26+. The average molecular weight is 829 g/mol. The van der Waals surface area contributed by atoms with Crippen LogP contribution in [0.5, 0.6) is 0 Å². The van der Waals surface area contributed by atoms with Crippen molar-refractivity contribution in [1.29, 1.82) is 0 Å². The number of hydrogen-bond acceptors (Lipinski definition) is 6. The van der Waals surface area contributed by atoms with Gasteiger partial charge < -0.3 is 23.8 Å². The first-order valence-corrected chi connectivity index (χ1v) is 23.8. The van der Waals surface area contributed by atoms with Crippen LogP contribution in [0, 0.1) is 0 Å². The van der Waals surface area contributed by atoms with E-state index in [0.29, 0.717) is 19.3 Å². The van der Waals surface area contributed by atoms with Crippen LogP contribution in [0.15, 0.2) is 60.8 Å². The fraction of sp³-hybridized carbons (Fsp3) is 0.745. The molecule has 59 heavy (non-hydrogen) atoms. The number of ether oxygens (including phenoxy) is 3. The molecule has 2 unspecified atom stereocenters. The van der Waals surface area contributed by atoms with E-state index in [-0.39, 0.29) is 36.2 Å². The summed E-state index contributed by atoms with van der Waals surface area (Å²) in [6.07, 6.45) is 51.2. The molecule has 0 rings (SSSR count). The Labute approximate surface area is 362 Å². The number of quaternary nitrogens is 1. The van der Waals surface area contributed by atoms with Gasteiger partial charge in [-0.15, -0.1) is 0 Å². The molecule has 0 saturated heterocycles. The molecule has 0 heterocycles. The number of carbonyl (C=O) groups is 3. The number of carbonyl (C=O) groups excluding carboxylic acids is 2. The fourth-order valence-electron chi connectivity index (χ4n) is 6.77. The molecule has 0 aromatic carbocycles. The number of aliphatic carboxylic acids is 1. The minimum Gasteiger partial charge on any atom is -0.477 e. The lowest BCUT2D eigenvalue weighted by Crippen LogP contribution is -2.50. The van der Waals surface area contributed by atoms with Crippen molar-refractivity contribution in [2.75, 3.05) is 41.0 Å². The average Bonchev–Trinajstić information content (AvgIpc) is 3.19. The molecule has 0 spiro atoms. The van der Waals surface area contributed by atoms with Gasteiger partial charge in [-0.2, -0.15) is 0 Å². The summed E-state index contributed by atoms with van der Waals surface area (Å²) in [4.78, 5) is 37.0. The quantitative estimate of drug-likeness (QED) is 0.0283. The third kappa shape index (κ3) is 40.2. The molecule has 0 aromatic rings. The van der Waals surface area contributed by atoms with E-state index in [1.165, 1.54) is 77.0 Å². The molecule has 8 nitrogen and oxygen atoms in total. The Hall–Kier alpha value is -2.97. The van der Waals surface area contributed by atoms with Crippen molar-refractivity contribution in [3.63, 3.8) is 0 Å². The van der Waals surface area contributed by atoms with Gasteiger partial charge in [0.05, 0.1) is 34.4 Å². The number of rotatable bonds is 42. The highest BCUT2D eigenvalue weighted by Gasteiger charge is 2.31. The Morgan fingerprint density at radius 2 is 0.949 bits per heavy atom. The lowest BCUT2D eigenvalue weighted by molar-refractivity contribution is -0.887. The second kappa shape index (κ2) is 41.8. The zero-order valence-electron chi connectivity index (χ0n) is 38.7. The Balaban J connectivity index is 4.29. The van der Waals surface area contributed by atoms with Gasteiger partial charge in [0, 0.05) is 19.3 Å². The highest BCUT2D eigenvalue weighted by molar-refractivity contribution is 5.72. The van der Waals surface area contributed by atoms with Crippen LogP contribution in [-0.4, -0.2) is 80.6 Å². The van der Waals surface area contributed by atoms with Gasteiger partial charge in [-0.1, -0.05) is 177 Å². The Kier molecular flexibility index (Phi) is 39.6. The molecule has 0 aromatic heterocycles. The van der Waals surface area contributed by atoms with Crippen LogP contribution in [0.2, 0.25) is 0 Å². The molecule has 0 amide bonds. The molecule has 0 aliphatic heterocycles. The first-order chi connectivity index (χ1) is 28.6. The summed E-state index contributed by atoms with van der Waals surface area (Å²) in [5.74, 6) is -1.48. The monoisotopic (exact) mass is 829 g/mol. The summed E-state index contributed by atoms with van der Waals surface area (Å²) in [7, 11) is 5.52. The van der Waals surface area contributed by atoms with Crippen molar-refractivity contribution in [2.24, 2.45) is 0 Å². The molecule has 8 heteroatoms. The van der Waals surface area contributed by atoms with Crippen LogP contribution in [0.1, 0.15) is 194 Å². The van der Waals surface area contributed by atoms with Crippen molar-refractivity contribution in [1.82, 2.24) is 0 Å². The lowest BCUT2D eigenvalue weighted by Gasteiger charge is -2.31. The Morgan fingerprint density at radius 3 is 1.41 bits per heavy atom. The predicted octanol–water partition coefficient (Wildman–Crippen LogP) is 13.4. The van der Waals surface area contributed by atoms with Crippen molar-refractivity contribution in [2.45, 2.75) is 206 Å². The third-order valence-corrected chi connectivity index (χ3v) is 10.4. The van der Waals surface area contributed by atoms with Gasteiger partial charge in [-0.3, -0.25) is 9.59 Å². The van der Waals surface area contributed by atoms with Crippen LogP contribution >= 0.6 is 0 Å². The maximum absolute atomic E-state index is 12.7. The van der Waals surface area contributed by atoms with Gasteiger partial charge >= 0.3 is 17.9 Å². The third-order valence-electron chi connectivity index (χ3n) is 10.4. The summed E-state index contributed by atoms with van der Waals surface area (Å²) >= 11 is 0. The molecule has 2 atom stereocenters. The van der Waals surface area contributed by atoms with E-state index in [9.17, 15) is 19.5 Å². The van der Waals surface area contributed by atoms with Crippen LogP contribution in [0.3, 0.4) is 0 Å². The lowest BCUT2D eigenvalue weighted by atomic mass is 10.0. The molecule has 0 bridgehead atoms. The summed E-state index contributed by atoms with van der Waals surface area (Å²) in [5, 5.41) is 9.63. The topological polar surface area (TPSA) is 99.1 Å². The predicted molar refractivity (Wildman–Crippen MR) is 247 cm³/mol. The van der Waals surface area contributed by atoms with Gasteiger partial charge in [0.15, 0.2) is 12.1 Å². The minimum atomic E-state index is -0.878. The van der Waals surface area contributed by atoms with E-state index in [1.807, 2.05) is 21.1 Å². The summed E-state index contributed by atoms with van der Waals surface area (Å²) in [5.41, 5.74) is 0. The molecular weight excluding hydrogens is 739 g/mol. The van der Waals surface area contributed by atoms with Crippen LogP contribution < -0.4 is 0 Å². The molecule has 0 aliphatic carbocycles. The summed E-state index contributed by atoms with van der Waals surface area (Å²) < 4.78 is 17.3. The highest BCUT2D eigenvalue weighted by Crippen LogP contribution is 2.15. The van der Waals surface area contributed by atoms with E-state index in [4.69, 9.17) is 14.2 Å². The Morgan fingerprint density at radius 1 is 0.525 bits per heavy atom. The number of nitrogens with zero attached hydrogens (tertiary/aromatic N) is 1. The van der Waals surface area contributed by atoms with Gasteiger partial charge in [-0.25, -0.2) is 4.79 Å². The first kappa shape index (κ1) is 56.0. The van der Waals surface area contributed by atoms with Gasteiger partial charge in [0.25, 0.3) is 0 Å². The number of unbranched alkanes of at least 4 members (excludes halogenated alkanes) is 18. The van der Waals surface area contributed by atoms with E-state index in [2.05, 4.69) is 74.6 Å². The number of carboxylic acids is 1. The van der Waals surface area contributed by atoms with Gasteiger partial charge in [0.2, 0.25) is 0 Å². The van der Waals surface area contributed by atoms with Crippen molar-refractivity contribution >= 4 is 17.9 Å². The first-order valence-electron chi connectivity index (χ1n) is 23.8. The van der Waals surface area contributed by atoms with E-state index in [1.54, 1.807) is 0 Å². The Bertz CT molecular complexity index is 1150. The second-order valence-electron chi connectivity index (χ2n) is 17.0. The van der Waals surface area contributed by atoms with Crippen LogP contribution in [0.4, 0.5) is 0 Å². The number of carboxylic acid groups (broad SMARTS) is 1. The molecule has 0 aliphatic rings. The molecule has 1 N–H and O–H groups in total. The maximum atomic E-state index is 12.7. The molecular formula is C51H90NO7+. The number of likely N-dealkylation sites (N-methyl/N-ethyl adjacent to an activating group) is 1. The zero-order valence-corrected chi connectivity index (χ0v) is 38.7. The smallest absolute Gasteiger partial charge is 0.362 e.